The lowest BCUT2D eigenvalue weighted by atomic mass is 10.2. The molecule has 6 nitrogen and oxygen atoms in total. The standard InChI is InChI=1S/C25H18BrClN2O4S/c1-15(32-18-12-10-17(26)11-13-18)24(30)29-28-14-16-6-2-4-8-20(16)33-25(31)23-22(27)19-7-3-5-9-21(19)34-23/h2-15H,1H3,(H,29,30)/b28-14+. The molecule has 9 heteroatoms. The summed E-state index contributed by atoms with van der Waals surface area (Å²) in [5.41, 5.74) is 2.95. The average Bonchev–Trinajstić information content (AvgIpc) is 3.18. The number of nitrogens with one attached hydrogen (secondary N) is 1. The van der Waals surface area contributed by atoms with Gasteiger partial charge in [-0.2, -0.15) is 5.10 Å². The van der Waals surface area contributed by atoms with Crippen molar-refractivity contribution in [3.63, 3.8) is 0 Å². The summed E-state index contributed by atoms with van der Waals surface area (Å²) in [4.78, 5) is 25.4. The maximum atomic E-state index is 12.8. The minimum Gasteiger partial charge on any atom is -0.481 e. The highest BCUT2D eigenvalue weighted by Gasteiger charge is 2.20. The summed E-state index contributed by atoms with van der Waals surface area (Å²) in [6, 6.07) is 21.5. The predicted molar refractivity (Wildman–Crippen MR) is 138 cm³/mol. The van der Waals surface area contributed by atoms with Gasteiger partial charge in [-0.1, -0.05) is 57.9 Å². The molecular weight excluding hydrogens is 540 g/mol. The van der Waals surface area contributed by atoms with Crippen LogP contribution in [0.1, 0.15) is 22.2 Å². The van der Waals surface area contributed by atoms with Crippen LogP contribution in [0.3, 0.4) is 0 Å². The van der Waals surface area contributed by atoms with E-state index in [0.717, 1.165) is 14.6 Å². The summed E-state index contributed by atoms with van der Waals surface area (Å²) < 4.78 is 13.0. The van der Waals surface area contributed by atoms with E-state index in [1.807, 2.05) is 36.4 Å². The Morgan fingerprint density at radius 2 is 1.76 bits per heavy atom. The van der Waals surface area contributed by atoms with Crippen molar-refractivity contribution < 1.29 is 19.1 Å². The maximum Gasteiger partial charge on any atom is 0.355 e. The van der Waals surface area contributed by atoms with Crippen LogP contribution < -0.4 is 14.9 Å². The Balaban J connectivity index is 1.41. The molecule has 0 aliphatic heterocycles. The molecule has 1 atom stereocenters. The van der Waals surface area contributed by atoms with E-state index in [0.29, 0.717) is 21.2 Å². The highest BCUT2D eigenvalue weighted by Crippen LogP contribution is 2.36. The van der Waals surface area contributed by atoms with Gasteiger partial charge in [-0.25, -0.2) is 10.2 Å². The molecule has 1 aromatic heterocycles. The number of para-hydroxylation sites is 1. The summed E-state index contributed by atoms with van der Waals surface area (Å²) in [5, 5.41) is 5.15. The molecule has 1 heterocycles. The smallest absolute Gasteiger partial charge is 0.355 e. The average molecular weight is 558 g/mol. The van der Waals surface area contributed by atoms with Gasteiger partial charge in [0.2, 0.25) is 0 Å². The lowest BCUT2D eigenvalue weighted by Gasteiger charge is -2.13. The number of ether oxygens (including phenoxy) is 2. The van der Waals surface area contributed by atoms with Gasteiger partial charge in [-0.15, -0.1) is 11.3 Å². The Hall–Kier alpha value is -3.20. The van der Waals surface area contributed by atoms with E-state index in [1.165, 1.54) is 17.6 Å². The largest absolute Gasteiger partial charge is 0.481 e. The number of hydrazone groups is 1. The SMILES string of the molecule is CC(Oc1ccc(Br)cc1)C(=O)N/N=C/c1ccccc1OC(=O)c1sc2ccccc2c1Cl. The second kappa shape index (κ2) is 10.8. The number of amides is 1. The number of fused-ring (bicyclic) bond motifs is 1. The van der Waals surface area contributed by atoms with Gasteiger partial charge in [0, 0.05) is 20.1 Å². The Morgan fingerprint density at radius 3 is 2.53 bits per heavy atom. The van der Waals surface area contributed by atoms with E-state index in [2.05, 4.69) is 26.5 Å². The van der Waals surface area contributed by atoms with Crippen LogP contribution in [-0.4, -0.2) is 24.2 Å². The molecule has 0 spiro atoms. The van der Waals surface area contributed by atoms with Crippen LogP contribution in [0.5, 0.6) is 11.5 Å². The van der Waals surface area contributed by atoms with Crippen LogP contribution in [0.15, 0.2) is 82.4 Å². The number of rotatable bonds is 7. The van der Waals surface area contributed by atoms with Crippen LogP contribution in [0.2, 0.25) is 5.02 Å². The third-order valence-corrected chi connectivity index (χ3v) is 6.90. The van der Waals surface area contributed by atoms with Gasteiger partial charge in [0.05, 0.1) is 11.2 Å². The van der Waals surface area contributed by atoms with Crippen molar-refractivity contribution in [3.05, 3.63) is 92.7 Å². The van der Waals surface area contributed by atoms with Crippen LogP contribution in [-0.2, 0) is 4.79 Å². The van der Waals surface area contributed by atoms with Gasteiger partial charge in [-0.3, -0.25) is 4.79 Å². The number of halogens is 2. The van der Waals surface area contributed by atoms with Crippen LogP contribution >= 0.6 is 38.9 Å². The zero-order valence-electron chi connectivity index (χ0n) is 17.8. The monoisotopic (exact) mass is 556 g/mol. The molecule has 4 aromatic rings. The maximum absolute atomic E-state index is 12.8. The van der Waals surface area contributed by atoms with Gasteiger partial charge in [-0.05, 0) is 49.4 Å². The number of carbonyl (C=O) groups excluding carboxylic acids is 2. The first-order valence-corrected chi connectivity index (χ1v) is 12.1. The third-order valence-electron chi connectivity index (χ3n) is 4.72. The number of nitrogens with zero attached hydrogens (tertiary/aromatic N) is 1. The van der Waals surface area contributed by atoms with E-state index in [9.17, 15) is 9.59 Å². The van der Waals surface area contributed by atoms with E-state index in [4.69, 9.17) is 21.1 Å². The van der Waals surface area contributed by atoms with Crippen LogP contribution in [0.25, 0.3) is 10.1 Å². The van der Waals surface area contributed by atoms with Crippen molar-refractivity contribution in [2.75, 3.05) is 0 Å². The molecule has 0 radical (unpaired) electrons. The summed E-state index contributed by atoms with van der Waals surface area (Å²) >= 11 is 11.0. The molecule has 34 heavy (non-hydrogen) atoms. The first kappa shape index (κ1) is 23.9. The molecule has 4 rings (SSSR count). The van der Waals surface area contributed by atoms with Crippen molar-refractivity contribution in [3.8, 4) is 11.5 Å². The van der Waals surface area contributed by atoms with E-state index >= 15 is 0 Å². The Kier molecular flexibility index (Phi) is 7.62. The fraction of sp³-hybridized carbons (Fsp3) is 0.0800. The molecule has 172 valence electrons. The topological polar surface area (TPSA) is 77.0 Å². The van der Waals surface area contributed by atoms with Crippen LogP contribution in [0, 0.1) is 0 Å². The molecule has 1 amide bonds. The number of hydrogen-bond donors (Lipinski definition) is 1. The lowest BCUT2D eigenvalue weighted by Crippen LogP contribution is -2.33. The van der Waals surface area contributed by atoms with E-state index in [1.54, 1.807) is 43.3 Å². The van der Waals surface area contributed by atoms with Gasteiger partial charge in [0.1, 0.15) is 16.4 Å². The minimum atomic E-state index is -0.763. The summed E-state index contributed by atoms with van der Waals surface area (Å²) in [7, 11) is 0. The molecule has 0 bridgehead atoms. The van der Waals surface area contributed by atoms with E-state index < -0.39 is 18.0 Å². The predicted octanol–water partition coefficient (Wildman–Crippen LogP) is 6.45. The Labute approximate surface area is 213 Å². The van der Waals surface area contributed by atoms with Crippen LogP contribution in [0.4, 0.5) is 0 Å². The van der Waals surface area contributed by atoms with Crippen molar-refractivity contribution in [1.29, 1.82) is 0 Å². The van der Waals surface area contributed by atoms with Crippen molar-refractivity contribution in [2.45, 2.75) is 13.0 Å². The van der Waals surface area contributed by atoms with Crippen molar-refractivity contribution in [2.24, 2.45) is 5.10 Å². The lowest BCUT2D eigenvalue weighted by molar-refractivity contribution is -0.127. The van der Waals surface area contributed by atoms with Gasteiger partial charge in [0.25, 0.3) is 5.91 Å². The number of benzene rings is 3. The summed E-state index contributed by atoms with van der Waals surface area (Å²) in [6.45, 7) is 1.62. The molecule has 1 unspecified atom stereocenters. The van der Waals surface area contributed by atoms with Gasteiger partial charge in [0.15, 0.2) is 6.10 Å². The minimum absolute atomic E-state index is 0.290. The molecule has 0 fully saturated rings. The summed E-state index contributed by atoms with van der Waals surface area (Å²) in [6.07, 6.45) is 0.640. The number of hydrogen-bond acceptors (Lipinski definition) is 6. The van der Waals surface area contributed by atoms with Gasteiger partial charge >= 0.3 is 5.97 Å². The Morgan fingerprint density at radius 1 is 1.06 bits per heavy atom. The normalized spacial score (nSPS) is 12.0. The van der Waals surface area contributed by atoms with E-state index in [-0.39, 0.29) is 5.75 Å². The molecule has 3 aromatic carbocycles. The zero-order valence-corrected chi connectivity index (χ0v) is 21.0. The second-order valence-corrected chi connectivity index (χ2v) is 9.46. The van der Waals surface area contributed by atoms with Crippen molar-refractivity contribution in [1.82, 2.24) is 5.43 Å². The quantitative estimate of drug-likeness (QED) is 0.123. The number of carbonyl (C=O) groups is 2. The fourth-order valence-electron chi connectivity index (χ4n) is 3.00. The molecule has 0 saturated carbocycles. The third kappa shape index (κ3) is 5.64. The first-order valence-electron chi connectivity index (χ1n) is 10.2. The molecular formula is C25H18BrClN2O4S. The molecule has 0 aliphatic rings. The fourth-order valence-corrected chi connectivity index (χ4v) is 4.65. The Bertz CT molecular complexity index is 1370. The number of esters is 1. The highest BCUT2D eigenvalue weighted by molar-refractivity contribution is 9.10. The summed E-state index contributed by atoms with van der Waals surface area (Å²) in [5.74, 6) is -0.136. The first-order chi connectivity index (χ1) is 16.4. The van der Waals surface area contributed by atoms with Crippen molar-refractivity contribution >= 4 is 67.0 Å². The second-order valence-electron chi connectivity index (χ2n) is 7.12. The zero-order chi connectivity index (χ0) is 24.1. The molecule has 1 N–H and O–H groups in total. The molecule has 0 saturated heterocycles. The van der Waals surface area contributed by atoms with Gasteiger partial charge < -0.3 is 9.47 Å². The molecule has 0 aliphatic carbocycles. The number of thiophene rings is 1. The highest BCUT2D eigenvalue weighted by atomic mass is 79.9.